The fourth-order valence-corrected chi connectivity index (χ4v) is 3.76. The lowest BCUT2D eigenvalue weighted by Crippen LogP contribution is -2.36. The fraction of sp³-hybridized carbons (Fsp3) is 0.889. The van der Waals surface area contributed by atoms with Crippen molar-refractivity contribution in [3.8, 4) is 0 Å². The van der Waals surface area contributed by atoms with Crippen molar-refractivity contribution in [2.45, 2.75) is 51.0 Å². The minimum Gasteiger partial charge on any atom is -0.351 e. The molecule has 1 rings (SSSR count). The molecule has 0 saturated carbocycles. The molecule has 0 bridgehead atoms. The Morgan fingerprint density at radius 2 is 1.92 bits per heavy atom. The zero-order valence-electron chi connectivity index (χ0n) is 8.69. The van der Waals surface area contributed by atoms with E-state index in [1.54, 1.807) is 0 Å². The zero-order valence-corrected chi connectivity index (χ0v) is 9.69. The molecule has 12 heavy (non-hydrogen) atoms. The van der Waals surface area contributed by atoms with Crippen LogP contribution in [0.3, 0.4) is 0 Å². The Kier molecular flexibility index (Phi) is 2.11. The molecule has 3 heteroatoms. The molecule has 1 aliphatic rings. The van der Waals surface area contributed by atoms with E-state index in [1.165, 1.54) is 0 Å². The summed E-state index contributed by atoms with van der Waals surface area (Å²) in [7, 11) is -1.29. The second-order valence-corrected chi connectivity index (χ2v) is 10.9. The summed E-state index contributed by atoms with van der Waals surface area (Å²) in [4.78, 5) is 11.6. The van der Waals surface area contributed by atoms with Crippen LogP contribution in [0.1, 0.15) is 20.3 Å². The Morgan fingerprint density at radius 3 is 2.08 bits per heavy atom. The summed E-state index contributed by atoms with van der Waals surface area (Å²) in [5.41, 5.74) is 0.342. The van der Waals surface area contributed by atoms with Crippen LogP contribution in [0.15, 0.2) is 0 Å². The molecule has 0 spiro atoms. The number of carbonyl (C=O) groups is 1. The highest BCUT2D eigenvalue weighted by molar-refractivity contribution is 6.80. The smallest absolute Gasteiger partial charge is 0.220 e. The van der Waals surface area contributed by atoms with Gasteiger partial charge >= 0.3 is 0 Å². The van der Waals surface area contributed by atoms with Crippen molar-refractivity contribution in [1.82, 2.24) is 5.32 Å². The van der Waals surface area contributed by atoms with Gasteiger partial charge in [0, 0.05) is 11.1 Å². The third-order valence-electron chi connectivity index (χ3n) is 2.54. The van der Waals surface area contributed by atoms with Crippen LogP contribution in [0.4, 0.5) is 0 Å². The molecule has 1 fully saturated rings. The highest BCUT2D eigenvalue weighted by Crippen LogP contribution is 2.36. The van der Waals surface area contributed by atoms with Crippen LogP contribution in [0.5, 0.6) is 0 Å². The third kappa shape index (κ3) is 1.89. The number of hydrogen-bond acceptors (Lipinski definition) is 1. The van der Waals surface area contributed by atoms with Crippen LogP contribution < -0.4 is 5.32 Å². The van der Waals surface area contributed by atoms with Gasteiger partial charge in [-0.2, -0.15) is 0 Å². The lowest BCUT2D eigenvalue weighted by molar-refractivity contribution is -0.119. The predicted octanol–water partition coefficient (Wildman–Crippen LogP) is 1.99. The van der Waals surface area contributed by atoms with Crippen molar-refractivity contribution in [1.29, 1.82) is 0 Å². The quantitative estimate of drug-likeness (QED) is 0.622. The van der Waals surface area contributed by atoms with Crippen molar-refractivity contribution in [2.75, 3.05) is 0 Å². The van der Waals surface area contributed by atoms with Gasteiger partial charge in [-0.15, -0.1) is 0 Å². The van der Waals surface area contributed by atoms with Gasteiger partial charge in [-0.25, -0.2) is 0 Å². The number of hydrogen-bond donors (Lipinski definition) is 1. The van der Waals surface area contributed by atoms with Gasteiger partial charge in [-0.05, 0) is 20.3 Å². The van der Waals surface area contributed by atoms with E-state index >= 15 is 0 Å². The molecule has 70 valence electrons. The lowest BCUT2D eigenvalue weighted by atomic mass is 10.0. The molecule has 1 saturated heterocycles. The number of carbonyl (C=O) groups excluding carboxylic acids is 1. The van der Waals surface area contributed by atoms with Gasteiger partial charge in [-0.3, -0.25) is 4.79 Å². The maximum atomic E-state index is 11.6. The van der Waals surface area contributed by atoms with Gasteiger partial charge in [0.05, 0.1) is 8.07 Å². The summed E-state index contributed by atoms with van der Waals surface area (Å²) in [6.45, 7) is 11.0. The van der Waals surface area contributed by atoms with Crippen molar-refractivity contribution < 1.29 is 4.79 Å². The highest BCUT2D eigenvalue weighted by Gasteiger charge is 2.43. The summed E-state index contributed by atoms with van der Waals surface area (Å²) in [6, 6.07) is 0. The Bertz CT molecular complexity index is 205. The largest absolute Gasteiger partial charge is 0.351 e. The number of nitrogens with one attached hydrogen (secondary N) is 1. The highest BCUT2D eigenvalue weighted by atomic mass is 28.3. The molecule has 1 heterocycles. The van der Waals surface area contributed by atoms with Gasteiger partial charge in [0.2, 0.25) is 5.91 Å². The molecule has 0 aromatic heterocycles. The maximum absolute atomic E-state index is 11.6. The van der Waals surface area contributed by atoms with Crippen LogP contribution in [-0.4, -0.2) is 19.5 Å². The Hall–Kier alpha value is -0.313. The predicted molar refractivity (Wildman–Crippen MR) is 53.9 cm³/mol. The zero-order chi connectivity index (χ0) is 9.57. The fourth-order valence-electron chi connectivity index (χ4n) is 1.77. The standard InChI is InChI=1S/C9H19NOSi/c1-9(2)6-7(8(11)10-9)12(3,4)5/h7H,6H2,1-5H3,(H,10,11). The van der Waals surface area contributed by atoms with Crippen LogP contribution in [0.25, 0.3) is 0 Å². The van der Waals surface area contributed by atoms with Crippen LogP contribution >= 0.6 is 0 Å². The minimum absolute atomic E-state index is 0.0298. The topological polar surface area (TPSA) is 29.1 Å². The van der Waals surface area contributed by atoms with E-state index in [0.29, 0.717) is 5.54 Å². The van der Waals surface area contributed by atoms with Gasteiger partial charge < -0.3 is 5.32 Å². The van der Waals surface area contributed by atoms with Crippen molar-refractivity contribution in [2.24, 2.45) is 0 Å². The molecule has 0 aromatic rings. The molecule has 0 radical (unpaired) electrons. The Balaban J connectivity index is 2.78. The monoisotopic (exact) mass is 185 g/mol. The van der Waals surface area contributed by atoms with E-state index in [4.69, 9.17) is 0 Å². The van der Waals surface area contributed by atoms with Gasteiger partial charge in [0.15, 0.2) is 0 Å². The molecule has 0 aromatic carbocycles. The van der Waals surface area contributed by atoms with Crippen molar-refractivity contribution >= 4 is 14.0 Å². The minimum atomic E-state index is -1.29. The van der Waals surface area contributed by atoms with E-state index in [1.807, 2.05) is 0 Å². The molecule has 1 aliphatic heterocycles. The summed E-state index contributed by atoms with van der Waals surface area (Å²) in [6.07, 6.45) is 1.02. The first-order valence-electron chi connectivity index (χ1n) is 4.54. The van der Waals surface area contributed by atoms with E-state index < -0.39 is 8.07 Å². The molecule has 1 N–H and O–H groups in total. The van der Waals surface area contributed by atoms with Gasteiger partial charge in [0.25, 0.3) is 0 Å². The molecule has 2 nitrogen and oxygen atoms in total. The van der Waals surface area contributed by atoms with E-state index in [2.05, 4.69) is 38.8 Å². The molecule has 1 unspecified atom stereocenters. The summed E-state index contributed by atoms with van der Waals surface area (Å²) < 4.78 is 0. The maximum Gasteiger partial charge on any atom is 0.220 e. The van der Waals surface area contributed by atoms with Crippen molar-refractivity contribution in [3.63, 3.8) is 0 Å². The SMILES string of the molecule is CC1(C)CC([Si](C)(C)C)C(=O)N1. The average molecular weight is 185 g/mol. The average Bonchev–Trinajstić information content (AvgIpc) is 2.03. The Morgan fingerprint density at radius 1 is 1.42 bits per heavy atom. The first-order valence-corrected chi connectivity index (χ1v) is 8.12. The third-order valence-corrected chi connectivity index (χ3v) is 5.09. The molecule has 1 atom stereocenters. The summed E-state index contributed by atoms with van der Waals surface area (Å²) in [5.74, 6) is 0.277. The summed E-state index contributed by atoms with van der Waals surface area (Å²) in [5, 5.41) is 3.05. The number of rotatable bonds is 1. The first kappa shape index (κ1) is 9.77. The van der Waals surface area contributed by atoms with Gasteiger partial charge in [0.1, 0.15) is 0 Å². The molecule has 0 aliphatic carbocycles. The lowest BCUT2D eigenvalue weighted by Gasteiger charge is -2.23. The van der Waals surface area contributed by atoms with Crippen LogP contribution in [0.2, 0.25) is 25.2 Å². The molecular formula is C9H19NOSi. The first-order chi connectivity index (χ1) is 5.22. The Labute approximate surface area is 75.7 Å². The van der Waals surface area contributed by atoms with Crippen LogP contribution in [-0.2, 0) is 4.79 Å². The van der Waals surface area contributed by atoms with E-state index in [-0.39, 0.29) is 11.4 Å². The van der Waals surface area contributed by atoms with E-state index in [9.17, 15) is 4.79 Å². The van der Waals surface area contributed by atoms with Crippen molar-refractivity contribution in [3.05, 3.63) is 0 Å². The number of amides is 1. The molecular weight excluding hydrogens is 166 g/mol. The van der Waals surface area contributed by atoms with E-state index in [0.717, 1.165) is 6.42 Å². The molecule has 1 amide bonds. The second-order valence-electron chi connectivity index (χ2n) is 5.50. The van der Waals surface area contributed by atoms with Crippen LogP contribution in [0, 0.1) is 0 Å². The normalized spacial score (nSPS) is 28.8. The summed E-state index contributed by atoms with van der Waals surface area (Å²) >= 11 is 0. The second kappa shape index (κ2) is 2.59. The van der Waals surface area contributed by atoms with Gasteiger partial charge in [-0.1, -0.05) is 19.6 Å².